The normalized spacial score (nSPS) is 12.7. The van der Waals surface area contributed by atoms with Crippen molar-refractivity contribution in [2.24, 2.45) is 0 Å². The van der Waals surface area contributed by atoms with Crippen LogP contribution in [0.5, 0.6) is 0 Å². The molecular formula is C16H22ClN3O. The van der Waals surface area contributed by atoms with Crippen LogP contribution in [0.3, 0.4) is 0 Å². The zero-order valence-electron chi connectivity index (χ0n) is 13.0. The standard InChI is InChI=1S/C16H22ClN3O/c1-5-12-15(17)13(20(6-2)19-12)8-14(21)16-11(4)7-10(3)9-18-16/h7,9,14,21H,5-6,8H2,1-4H3. The smallest absolute Gasteiger partial charge is 0.102 e. The third kappa shape index (κ3) is 3.27. The molecule has 0 fully saturated rings. The summed E-state index contributed by atoms with van der Waals surface area (Å²) in [6.45, 7) is 8.75. The first-order chi connectivity index (χ1) is 9.97. The van der Waals surface area contributed by atoms with Crippen molar-refractivity contribution in [3.8, 4) is 0 Å². The highest BCUT2D eigenvalue weighted by Crippen LogP contribution is 2.27. The molecule has 1 unspecified atom stereocenters. The van der Waals surface area contributed by atoms with E-state index in [1.54, 1.807) is 6.20 Å². The summed E-state index contributed by atoms with van der Waals surface area (Å²) in [5.74, 6) is 0. The molecule has 21 heavy (non-hydrogen) atoms. The van der Waals surface area contributed by atoms with E-state index in [9.17, 15) is 5.11 Å². The number of hydrogen-bond acceptors (Lipinski definition) is 3. The van der Waals surface area contributed by atoms with Crippen LogP contribution in [0.1, 0.15) is 48.2 Å². The van der Waals surface area contributed by atoms with Crippen molar-refractivity contribution in [3.63, 3.8) is 0 Å². The molecule has 4 nitrogen and oxygen atoms in total. The van der Waals surface area contributed by atoms with Crippen molar-refractivity contribution in [2.45, 2.75) is 53.2 Å². The number of halogens is 1. The number of aryl methyl sites for hydroxylation is 4. The lowest BCUT2D eigenvalue weighted by molar-refractivity contribution is 0.170. The van der Waals surface area contributed by atoms with Gasteiger partial charge in [0.05, 0.1) is 22.1 Å². The maximum atomic E-state index is 10.5. The van der Waals surface area contributed by atoms with Crippen molar-refractivity contribution in [1.29, 1.82) is 0 Å². The largest absolute Gasteiger partial charge is 0.386 e. The molecule has 2 heterocycles. The van der Waals surface area contributed by atoms with Crippen LogP contribution in [-0.2, 0) is 19.4 Å². The Balaban J connectivity index is 2.31. The quantitative estimate of drug-likeness (QED) is 0.921. The Hall–Kier alpha value is -1.39. The lowest BCUT2D eigenvalue weighted by Crippen LogP contribution is -2.11. The summed E-state index contributed by atoms with van der Waals surface area (Å²) < 4.78 is 1.87. The molecule has 1 atom stereocenters. The third-order valence-electron chi connectivity index (χ3n) is 3.65. The summed E-state index contributed by atoms with van der Waals surface area (Å²) in [6, 6.07) is 2.03. The summed E-state index contributed by atoms with van der Waals surface area (Å²) in [4.78, 5) is 4.36. The number of aromatic nitrogens is 3. The maximum absolute atomic E-state index is 10.5. The Labute approximate surface area is 130 Å². The van der Waals surface area contributed by atoms with E-state index in [4.69, 9.17) is 11.6 Å². The molecule has 0 aromatic carbocycles. The molecule has 2 aromatic heterocycles. The molecule has 0 saturated carbocycles. The van der Waals surface area contributed by atoms with Gasteiger partial charge < -0.3 is 5.11 Å². The van der Waals surface area contributed by atoms with Gasteiger partial charge in [0.15, 0.2) is 0 Å². The fraction of sp³-hybridized carbons (Fsp3) is 0.500. The van der Waals surface area contributed by atoms with Crippen LogP contribution < -0.4 is 0 Å². The third-order valence-corrected chi connectivity index (χ3v) is 4.09. The van der Waals surface area contributed by atoms with Crippen LogP contribution >= 0.6 is 11.6 Å². The van der Waals surface area contributed by atoms with Gasteiger partial charge in [0, 0.05) is 19.2 Å². The maximum Gasteiger partial charge on any atom is 0.102 e. The minimum Gasteiger partial charge on any atom is -0.386 e. The molecule has 0 aliphatic rings. The lowest BCUT2D eigenvalue weighted by atomic mass is 10.0. The fourth-order valence-corrected chi connectivity index (χ4v) is 2.91. The molecule has 0 radical (unpaired) electrons. The lowest BCUT2D eigenvalue weighted by Gasteiger charge is -2.14. The van der Waals surface area contributed by atoms with Gasteiger partial charge in [-0.15, -0.1) is 0 Å². The summed E-state index contributed by atoms with van der Waals surface area (Å²) in [5, 5.41) is 15.7. The zero-order valence-corrected chi connectivity index (χ0v) is 13.8. The predicted octanol–water partition coefficient (Wildman–Crippen LogP) is 3.41. The molecule has 0 amide bonds. The van der Waals surface area contributed by atoms with E-state index in [2.05, 4.69) is 10.1 Å². The predicted molar refractivity (Wildman–Crippen MR) is 84.7 cm³/mol. The number of hydrogen-bond donors (Lipinski definition) is 1. The topological polar surface area (TPSA) is 50.9 Å². The Bertz CT molecular complexity index is 637. The van der Waals surface area contributed by atoms with E-state index in [-0.39, 0.29) is 0 Å². The van der Waals surface area contributed by atoms with E-state index in [0.29, 0.717) is 17.1 Å². The summed E-state index contributed by atoms with van der Waals surface area (Å²) in [6.07, 6.45) is 2.32. The van der Waals surface area contributed by atoms with Crippen molar-refractivity contribution < 1.29 is 5.11 Å². The highest BCUT2D eigenvalue weighted by Gasteiger charge is 2.20. The second kappa shape index (κ2) is 6.58. The van der Waals surface area contributed by atoms with Crippen LogP contribution in [0.4, 0.5) is 0 Å². The molecule has 2 rings (SSSR count). The van der Waals surface area contributed by atoms with Crippen molar-refractivity contribution >= 4 is 11.6 Å². The molecule has 1 N–H and O–H groups in total. The summed E-state index contributed by atoms with van der Waals surface area (Å²) >= 11 is 6.39. The number of nitrogens with zero attached hydrogens (tertiary/aromatic N) is 3. The monoisotopic (exact) mass is 307 g/mol. The number of aliphatic hydroxyl groups excluding tert-OH is 1. The summed E-state index contributed by atoms with van der Waals surface area (Å²) in [7, 11) is 0. The van der Waals surface area contributed by atoms with Crippen LogP contribution in [0.25, 0.3) is 0 Å². The summed E-state index contributed by atoms with van der Waals surface area (Å²) in [5.41, 5.74) is 4.56. The Morgan fingerprint density at radius 3 is 2.62 bits per heavy atom. The first-order valence-corrected chi connectivity index (χ1v) is 7.70. The number of pyridine rings is 1. The molecule has 0 saturated heterocycles. The van der Waals surface area contributed by atoms with Gasteiger partial charge in [0.25, 0.3) is 0 Å². The average molecular weight is 308 g/mol. The molecule has 114 valence electrons. The van der Waals surface area contributed by atoms with E-state index >= 15 is 0 Å². The van der Waals surface area contributed by atoms with Gasteiger partial charge in [-0.25, -0.2) is 0 Å². The molecule has 0 bridgehead atoms. The molecule has 5 heteroatoms. The average Bonchev–Trinajstić information content (AvgIpc) is 2.75. The molecule has 2 aromatic rings. The first kappa shape index (κ1) is 16.0. The van der Waals surface area contributed by atoms with E-state index in [1.807, 2.05) is 38.4 Å². The fourth-order valence-electron chi connectivity index (χ4n) is 2.57. The highest BCUT2D eigenvalue weighted by molar-refractivity contribution is 6.31. The molecular weight excluding hydrogens is 286 g/mol. The van der Waals surface area contributed by atoms with Gasteiger partial charge in [0.2, 0.25) is 0 Å². The van der Waals surface area contributed by atoms with E-state index in [0.717, 1.165) is 35.5 Å². The van der Waals surface area contributed by atoms with Gasteiger partial charge in [-0.05, 0) is 38.3 Å². The van der Waals surface area contributed by atoms with Crippen LogP contribution in [-0.4, -0.2) is 19.9 Å². The van der Waals surface area contributed by atoms with Gasteiger partial charge in [-0.1, -0.05) is 24.6 Å². The minimum absolute atomic E-state index is 0.427. The zero-order chi connectivity index (χ0) is 15.6. The Morgan fingerprint density at radius 1 is 1.33 bits per heavy atom. The van der Waals surface area contributed by atoms with Gasteiger partial charge in [0.1, 0.15) is 6.10 Å². The second-order valence-corrected chi connectivity index (χ2v) is 5.69. The van der Waals surface area contributed by atoms with E-state index < -0.39 is 6.10 Å². The number of aliphatic hydroxyl groups is 1. The van der Waals surface area contributed by atoms with Crippen molar-refractivity contribution in [1.82, 2.24) is 14.8 Å². The SMILES string of the molecule is CCc1nn(CC)c(CC(O)c2ncc(C)cc2C)c1Cl. The minimum atomic E-state index is -0.671. The number of rotatable bonds is 5. The van der Waals surface area contributed by atoms with Gasteiger partial charge in [-0.3, -0.25) is 9.67 Å². The molecule has 0 aliphatic heterocycles. The van der Waals surface area contributed by atoms with Gasteiger partial charge >= 0.3 is 0 Å². The van der Waals surface area contributed by atoms with Crippen LogP contribution in [0, 0.1) is 13.8 Å². The molecule has 0 aliphatic carbocycles. The van der Waals surface area contributed by atoms with Crippen molar-refractivity contribution in [3.05, 3.63) is 45.5 Å². The molecule has 0 spiro atoms. The highest BCUT2D eigenvalue weighted by atomic mass is 35.5. The first-order valence-electron chi connectivity index (χ1n) is 7.33. The Kier molecular flexibility index (Phi) is 5.01. The van der Waals surface area contributed by atoms with Gasteiger partial charge in [-0.2, -0.15) is 5.10 Å². The second-order valence-electron chi connectivity index (χ2n) is 5.31. The van der Waals surface area contributed by atoms with Crippen LogP contribution in [0.15, 0.2) is 12.3 Å². The van der Waals surface area contributed by atoms with Crippen LogP contribution in [0.2, 0.25) is 5.02 Å². The van der Waals surface area contributed by atoms with Crippen molar-refractivity contribution in [2.75, 3.05) is 0 Å². The Morgan fingerprint density at radius 2 is 2.05 bits per heavy atom. The van der Waals surface area contributed by atoms with E-state index in [1.165, 1.54) is 0 Å².